The van der Waals surface area contributed by atoms with Crippen LogP contribution < -0.4 is 5.32 Å². The number of amides is 8. The van der Waals surface area contributed by atoms with E-state index in [9.17, 15) is 71.2 Å². The molecule has 0 unspecified atom stereocenters. The van der Waals surface area contributed by atoms with Crippen LogP contribution in [0.15, 0.2) is 139 Å². The van der Waals surface area contributed by atoms with Crippen molar-refractivity contribution < 1.29 is 88.9 Å². The number of aromatic nitrogens is 8. The van der Waals surface area contributed by atoms with Crippen molar-refractivity contribution in [2.75, 3.05) is 72.0 Å². The van der Waals surface area contributed by atoms with Crippen molar-refractivity contribution in [2.45, 2.75) is 254 Å². The SMILES string of the molecule is CC(C)c1nc(-c2ccc(F)cc2)nc2cc(C(=O)N3CCN(C(=O)[C@H](O)CC(C)(C)C)CC3(C)C)oc12.CC(C)c1nc(-c2ccc(F)cc2)nc2cc(C(=O)N3CCN(C(=O)[C@H](O)CC(C)(C)C)[C@@H](C)C3)oc12.CC1(c2nc(-c3ccc(F)cc3)nc3cc(C(=O)N4CCNC(=O)C4(C)C)oc23)CC1.C[C@H]1CN(C(=O)c2cc3nc(-c4ccc(F)cc4)nc(C4(C)CC4)c3o2)CCN1C(=O)[C@H](O)CC(C)(C)C. The summed E-state index contributed by atoms with van der Waals surface area (Å²) in [5, 5.41) is 34.2. The zero-order chi connectivity index (χ0) is 104. The first-order chi connectivity index (χ1) is 67.5. The second-order valence-corrected chi connectivity index (χ2v) is 44.8. The molecule has 0 radical (unpaired) electrons. The number of furan rings is 4. The number of halogens is 4. The van der Waals surface area contributed by atoms with Crippen LogP contribution in [0.3, 0.4) is 0 Å². The van der Waals surface area contributed by atoms with Gasteiger partial charge in [0.05, 0.1) is 28.3 Å². The Morgan fingerprint density at radius 2 is 0.694 bits per heavy atom. The summed E-state index contributed by atoms with van der Waals surface area (Å²) in [5.74, 6) is -1.25. The Kier molecular flexibility index (Phi) is 29.7. The lowest BCUT2D eigenvalue weighted by molar-refractivity contribution is -0.146. The zero-order valence-corrected chi connectivity index (χ0v) is 85.8. The average molecular weight is 1980 g/mol. The molecule has 5 atom stereocenters. The standard InChI is InChI=1S/C29H35FN4O4.C29H37FN4O4.C28H35FN4O4.C23H23FN4O3/c1-17-16-33(12-13-34(17)26(36)21(35)15-28(2,3)4)27(37)22-14-20-23(38-22)24(29(5)10-11-29)32-25(31-20)18-6-8-19(30)9-7-18;1-17(2)23-24-20(31-25(32-23)18-8-10-19(30)11-9-18)14-22(38-24)27(37)34-13-12-33(16-29(34,6)7)26(36)21(35)15-28(3,4)5;1-16(2)23-24-20(30-25(31-23)18-7-9-19(29)10-8-18)13-22(37-24)27(36)32-11-12-33(17(3)15-32)26(35)21(34)14-28(4,5)6;1-22(2)21(30)25-10-11-28(22)20(29)16-12-15-17(31-16)18(23(3)8-9-23)27-19(26-15)13-4-6-14(24)7-5-13/h6-9,14,17,21,35H,10-13,15-16H2,1-5H3;8-11,14,17,21,35H,12-13,15-16H2,1-7H3;7-10,13,16-17,21,34H,11-12,14-15H2,1-6H3;4-7,12H,8-11H2,1-3H3,(H,25,30)/t17-,21+;21-;17-,21+;/m010./s1. The maximum Gasteiger partial charge on any atom is 0.290 e. The Balaban J connectivity index is 0.000000145. The van der Waals surface area contributed by atoms with Gasteiger partial charge in [0.25, 0.3) is 41.4 Å². The Morgan fingerprint density at radius 3 is 1.01 bits per heavy atom. The molecule has 4 N–H and O–H groups in total. The molecule has 8 aromatic heterocycles. The summed E-state index contributed by atoms with van der Waals surface area (Å²) in [7, 11) is 0. The topological polar surface area (TPSA) is 388 Å². The van der Waals surface area contributed by atoms with Crippen molar-refractivity contribution in [2.24, 2.45) is 16.2 Å². The number of rotatable bonds is 18. The molecule has 8 amide bonds. The molecule has 4 aromatic carbocycles. The van der Waals surface area contributed by atoms with Crippen molar-refractivity contribution >= 4 is 91.7 Å². The van der Waals surface area contributed by atoms with Gasteiger partial charge in [-0.05, 0) is 212 Å². The molecule has 12 aromatic rings. The number of aliphatic hydroxyl groups is 3. The first-order valence-electron chi connectivity index (χ1n) is 49.3. The molecular formula is C109H130F4N16O15. The van der Waals surface area contributed by atoms with Gasteiger partial charge in [0.1, 0.15) is 69.2 Å². The molecule has 0 bridgehead atoms. The molecular weight excluding hydrogens is 1850 g/mol. The number of aliphatic hydroxyl groups excluding tert-OH is 3. The number of piperazine rings is 4. The quantitative estimate of drug-likeness (QED) is 0.0580. The van der Waals surface area contributed by atoms with Crippen LogP contribution in [0.4, 0.5) is 17.6 Å². The molecule has 6 fully saturated rings. The lowest BCUT2D eigenvalue weighted by Gasteiger charge is -2.47. The van der Waals surface area contributed by atoms with Gasteiger partial charge in [0, 0.05) is 141 Å². The van der Waals surface area contributed by atoms with E-state index in [0.717, 1.165) is 37.1 Å². The van der Waals surface area contributed by atoms with E-state index in [-0.39, 0.29) is 145 Å². The summed E-state index contributed by atoms with van der Waals surface area (Å²) in [6.45, 7) is 44.7. The number of nitrogens with zero attached hydrogens (tertiary/aromatic N) is 15. The van der Waals surface area contributed by atoms with Gasteiger partial charge in [-0.1, -0.05) is 104 Å². The van der Waals surface area contributed by atoms with E-state index in [1.807, 2.05) is 118 Å². The molecule has 35 heteroatoms. The minimum Gasteiger partial charge on any atom is -0.447 e. The number of carbonyl (C=O) groups excluding carboxylic acids is 8. The minimum absolute atomic E-state index is 0.000626. The Hall–Kier alpha value is -13.3. The van der Waals surface area contributed by atoms with Crippen LogP contribution in [-0.2, 0) is 30.0 Å². The van der Waals surface area contributed by atoms with Gasteiger partial charge in [0.2, 0.25) is 5.91 Å². The fraction of sp³-hybridized carbons (Fsp3) is 0.486. The molecule has 6 aliphatic rings. The van der Waals surface area contributed by atoms with Crippen LogP contribution in [-0.4, -0.2) is 250 Å². The Labute approximate surface area is 834 Å². The van der Waals surface area contributed by atoms with Gasteiger partial charge in [0.15, 0.2) is 68.7 Å². The molecule has 2 aliphatic carbocycles. The molecule has 144 heavy (non-hydrogen) atoms. The normalized spacial score (nSPS) is 18.4. The van der Waals surface area contributed by atoms with Crippen molar-refractivity contribution in [3.05, 3.63) is 190 Å². The summed E-state index contributed by atoms with van der Waals surface area (Å²) in [6, 6.07) is 30.0. The molecule has 12 heterocycles. The molecule has 18 rings (SSSR count). The average Bonchev–Trinajstić information content (AvgIpc) is 1.58. The van der Waals surface area contributed by atoms with Gasteiger partial charge in [-0.25, -0.2) is 57.4 Å². The van der Waals surface area contributed by atoms with Crippen LogP contribution in [0, 0.1) is 39.5 Å². The van der Waals surface area contributed by atoms with E-state index in [1.54, 1.807) is 116 Å². The highest BCUT2D eigenvalue weighted by atomic mass is 19.1. The van der Waals surface area contributed by atoms with E-state index in [0.29, 0.717) is 193 Å². The largest absolute Gasteiger partial charge is 0.447 e. The second kappa shape index (κ2) is 40.7. The third-order valence-electron chi connectivity index (χ3n) is 27.3. The second-order valence-electron chi connectivity index (χ2n) is 44.8. The van der Waals surface area contributed by atoms with E-state index in [1.165, 1.54) is 53.4 Å². The maximum absolute atomic E-state index is 13.6. The summed E-state index contributed by atoms with van der Waals surface area (Å²) in [5.41, 5.74) is 7.06. The molecule has 764 valence electrons. The van der Waals surface area contributed by atoms with Crippen molar-refractivity contribution in [1.29, 1.82) is 0 Å². The van der Waals surface area contributed by atoms with Crippen LogP contribution in [0.2, 0.25) is 0 Å². The van der Waals surface area contributed by atoms with E-state index < -0.39 is 29.4 Å². The molecule has 4 saturated heterocycles. The van der Waals surface area contributed by atoms with Crippen LogP contribution in [0.5, 0.6) is 0 Å². The third-order valence-corrected chi connectivity index (χ3v) is 27.3. The summed E-state index contributed by atoms with van der Waals surface area (Å²) >= 11 is 0. The third kappa shape index (κ3) is 23.4. The van der Waals surface area contributed by atoms with Crippen LogP contribution in [0.1, 0.15) is 267 Å². The van der Waals surface area contributed by atoms with Crippen molar-refractivity contribution in [1.82, 2.24) is 79.5 Å². The fourth-order valence-electron chi connectivity index (χ4n) is 18.6. The zero-order valence-electron chi connectivity index (χ0n) is 85.8. The molecule has 31 nitrogen and oxygen atoms in total. The predicted octanol–water partition coefficient (Wildman–Crippen LogP) is 17.6. The van der Waals surface area contributed by atoms with Gasteiger partial charge < -0.3 is 72.6 Å². The first kappa shape index (κ1) is 105. The number of fused-ring (bicyclic) bond motifs is 4. The minimum atomic E-state index is -1.08. The summed E-state index contributed by atoms with van der Waals surface area (Å²) in [4.78, 5) is 153. The number of carbonyl (C=O) groups is 8. The summed E-state index contributed by atoms with van der Waals surface area (Å²) in [6.07, 6.45) is 1.75. The predicted molar refractivity (Wildman–Crippen MR) is 534 cm³/mol. The highest BCUT2D eigenvalue weighted by Crippen LogP contribution is 2.52. The van der Waals surface area contributed by atoms with E-state index in [4.69, 9.17) is 27.6 Å². The Bertz CT molecular complexity index is 6850. The first-order valence-corrected chi connectivity index (χ1v) is 49.3. The van der Waals surface area contributed by atoms with Crippen LogP contribution >= 0.6 is 0 Å². The maximum atomic E-state index is 13.6. The van der Waals surface area contributed by atoms with E-state index >= 15 is 0 Å². The molecule has 0 spiro atoms. The number of benzene rings is 4. The lowest BCUT2D eigenvalue weighted by atomic mass is 9.88. The summed E-state index contributed by atoms with van der Waals surface area (Å²) < 4.78 is 77.8. The highest BCUT2D eigenvalue weighted by molar-refractivity contribution is 6.02. The monoisotopic (exact) mass is 1980 g/mol. The van der Waals surface area contributed by atoms with Gasteiger partial charge in [-0.2, -0.15) is 0 Å². The van der Waals surface area contributed by atoms with Crippen molar-refractivity contribution in [3.8, 4) is 45.6 Å². The number of nitrogens with one attached hydrogen (secondary N) is 1. The van der Waals surface area contributed by atoms with E-state index in [2.05, 4.69) is 49.1 Å². The van der Waals surface area contributed by atoms with Gasteiger partial charge in [-0.15, -0.1) is 0 Å². The molecule has 4 aliphatic heterocycles. The highest BCUT2D eigenvalue weighted by Gasteiger charge is 2.49. The Morgan fingerprint density at radius 1 is 0.396 bits per heavy atom. The van der Waals surface area contributed by atoms with Crippen molar-refractivity contribution in [3.63, 3.8) is 0 Å². The number of hydrogen-bond acceptors (Lipinski definition) is 23. The van der Waals surface area contributed by atoms with Gasteiger partial charge >= 0.3 is 0 Å². The van der Waals surface area contributed by atoms with Crippen LogP contribution in [0.25, 0.3) is 90.0 Å². The number of hydrogen-bond donors (Lipinski definition) is 4. The van der Waals surface area contributed by atoms with Gasteiger partial charge in [-0.3, -0.25) is 38.4 Å². The molecule has 2 saturated carbocycles. The fourth-order valence-corrected chi connectivity index (χ4v) is 18.6. The smallest absolute Gasteiger partial charge is 0.290 e. The lowest BCUT2D eigenvalue weighted by Crippen LogP contribution is -2.63.